The maximum Gasteiger partial charge on any atom is 0.335 e. The van der Waals surface area contributed by atoms with Gasteiger partial charge >= 0.3 is 5.97 Å². The molecule has 0 atom stereocenters. The molecular formula is C16H13ClFNO2. The van der Waals surface area contributed by atoms with Gasteiger partial charge in [0, 0.05) is 29.4 Å². The van der Waals surface area contributed by atoms with Crippen LogP contribution in [0.2, 0.25) is 5.02 Å². The van der Waals surface area contributed by atoms with E-state index in [1.165, 1.54) is 6.07 Å². The normalized spacial score (nSPS) is 13.3. The molecule has 1 aliphatic rings. The molecule has 0 radical (unpaired) electrons. The van der Waals surface area contributed by atoms with Crippen LogP contribution in [-0.2, 0) is 13.0 Å². The van der Waals surface area contributed by atoms with Gasteiger partial charge in [-0.1, -0.05) is 17.7 Å². The third-order valence-corrected chi connectivity index (χ3v) is 3.93. The molecular weight excluding hydrogens is 293 g/mol. The molecule has 0 amide bonds. The number of nitrogens with zero attached hydrogens (tertiary/aromatic N) is 1. The molecule has 3 nitrogen and oxygen atoms in total. The Hall–Kier alpha value is -2.07. The van der Waals surface area contributed by atoms with Crippen LogP contribution in [0.25, 0.3) is 0 Å². The lowest BCUT2D eigenvalue weighted by atomic mass is 10.1. The number of benzene rings is 2. The topological polar surface area (TPSA) is 40.5 Å². The van der Waals surface area contributed by atoms with E-state index in [-0.39, 0.29) is 11.4 Å². The van der Waals surface area contributed by atoms with Gasteiger partial charge in [-0.15, -0.1) is 0 Å². The number of carboxylic acids is 1. The number of halogens is 2. The standard InChI is InChI=1S/C16H13ClFNO2/c17-13-3-1-12(14(18)8-13)9-19-6-5-10-7-11(16(20)21)2-4-15(10)19/h1-4,7-8H,5-6,9H2,(H,20,21). The fraction of sp³-hybridized carbons (Fsp3) is 0.188. The Morgan fingerprint density at radius 1 is 1.29 bits per heavy atom. The van der Waals surface area contributed by atoms with Crippen LogP contribution in [0.1, 0.15) is 21.5 Å². The van der Waals surface area contributed by atoms with Crippen LogP contribution >= 0.6 is 11.6 Å². The quantitative estimate of drug-likeness (QED) is 0.939. The van der Waals surface area contributed by atoms with Gasteiger partial charge in [-0.3, -0.25) is 0 Å². The Morgan fingerprint density at radius 2 is 2.10 bits per heavy atom. The minimum Gasteiger partial charge on any atom is -0.478 e. The van der Waals surface area contributed by atoms with E-state index in [0.29, 0.717) is 17.1 Å². The number of carbonyl (C=O) groups is 1. The predicted octanol–water partition coefficient (Wildman–Crippen LogP) is 3.74. The highest BCUT2D eigenvalue weighted by atomic mass is 35.5. The lowest BCUT2D eigenvalue weighted by Crippen LogP contribution is -2.20. The summed E-state index contributed by atoms with van der Waals surface area (Å²) in [6.07, 6.45) is 0.770. The van der Waals surface area contributed by atoms with E-state index in [2.05, 4.69) is 0 Å². The van der Waals surface area contributed by atoms with Crippen molar-refractivity contribution >= 4 is 23.3 Å². The second-order valence-corrected chi connectivity index (χ2v) is 5.49. The lowest BCUT2D eigenvalue weighted by Gasteiger charge is -2.20. The number of fused-ring (bicyclic) bond motifs is 1. The highest BCUT2D eigenvalue weighted by Crippen LogP contribution is 2.30. The van der Waals surface area contributed by atoms with Crippen LogP contribution in [0, 0.1) is 5.82 Å². The van der Waals surface area contributed by atoms with Gasteiger partial charge in [0.1, 0.15) is 5.82 Å². The summed E-state index contributed by atoms with van der Waals surface area (Å²) < 4.78 is 13.9. The maximum atomic E-state index is 13.9. The zero-order valence-electron chi connectivity index (χ0n) is 11.1. The second-order valence-electron chi connectivity index (χ2n) is 5.06. The molecule has 0 bridgehead atoms. The average molecular weight is 306 g/mol. The monoisotopic (exact) mass is 305 g/mol. The molecule has 21 heavy (non-hydrogen) atoms. The Kier molecular flexibility index (Phi) is 3.55. The van der Waals surface area contributed by atoms with Crippen molar-refractivity contribution in [3.05, 3.63) is 63.9 Å². The molecule has 0 spiro atoms. The molecule has 1 heterocycles. The number of rotatable bonds is 3. The summed E-state index contributed by atoms with van der Waals surface area (Å²) in [6, 6.07) is 9.72. The smallest absolute Gasteiger partial charge is 0.335 e. The lowest BCUT2D eigenvalue weighted by molar-refractivity contribution is 0.0697. The first-order valence-electron chi connectivity index (χ1n) is 6.59. The molecule has 2 aromatic rings. The summed E-state index contributed by atoms with van der Waals surface area (Å²) in [4.78, 5) is 13.0. The zero-order chi connectivity index (χ0) is 15.0. The van der Waals surface area contributed by atoms with E-state index in [1.807, 2.05) is 4.90 Å². The van der Waals surface area contributed by atoms with Crippen molar-refractivity contribution < 1.29 is 14.3 Å². The number of aromatic carboxylic acids is 1. The summed E-state index contributed by atoms with van der Waals surface area (Å²) >= 11 is 5.75. The van der Waals surface area contributed by atoms with Crippen LogP contribution in [-0.4, -0.2) is 17.6 Å². The molecule has 5 heteroatoms. The van der Waals surface area contributed by atoms with Crippen LogP contribution in [0.4, 0.5) is 10.1 Å². The Morgan fingerprint density at radius 3 is 2.81 bits per heavy atom. The summed E-state index contributed by atoms with van der Waals surface area (Å²) in [5.74, 6) is -1.25. The van der Waals surface area contributed by atoms with Gasteiger partial charge in [0.2, 0.25) is 0 Å². The van der Waals surface area contributed by atoms with E-state index in [4.69, 9.17) is 16.7 Å². The molecule has 0 aromatic heterocycles. The largest absolute Gasteiger partial charge is 0.478 e. The second kappa shape index (κ2) is 5.37. The molecule has 0 fully saturated rings. The van der Waals surface area contributed by atoms with Gasteiger partial charge in [-0.2, -0.15) is 0 Å². The predicted molar refractivity (Wildman–Crippen MR) is 79.6 cm³/mol. The van der Waals surface area contributed by atoms with Gasteiger partial charge in [0.25, 0.3) is 0 Å². The van der Waals surface area contributed by atoms with E-state index in [1.54, 1.807) is 30.3 Å². The van der Waals surface area contributed by atoms with Gasteiger partial charge in [-0.05, 0) is 42.3 Å². The number of hydrogen-bond donors (Lipinski definition) is 1. The Bertz CT molecular complexity index is 717. The summed E-state index contributed by atoms with van der Waals surface area (Å²) in [5, 5.41) is 9.38. The van der Waals surface area contributed by atoms with E-state index in [0.717, 1.165) is 24.2 Å². The van der Waals surface area contributed by atoms with Crippen molar-refractivity contribution in [2.24, 2.45) is 0 Å². The minimum atomic E-state index is -0.931. The molecule has 0 unspecified atom stereocenters. The van der Waals surface area contributed by atoms with Crippen molar-refractivity contribution in [1.82, 2.24) is 0 Å². The Labute approximate surface area is 126 Å². The first kappa shape index (κ1) is 13.9. The highest BCUT2D eigenvalue weighted by Gasteiger charge is 2.21. The van der Waals surface area contributed by atoms with E-state index in [9.17, 15) is 9.18 Å². The zero-order valence-corrected chi connectivity index (χ0v) is 11.9. The molecule has 0 aliphatic carbocycles. The van der Waals surface area contributed by atoms with Crippen molar-refractivity contribution in [1.29, 1.82) is 0 Å². The van der Waals surface area contributed by atoms with Crippen LogP contribution in [0.5, 0.6) is 0 Å². The van der Waals surface area contributed by atoms with Crippen molar-refractivity contribution in [2.45, 2.75) is 13.0 Å². The van der Waals surface area contributed by atoms with Gasteiger partial charge < -0.3 is 10.0 Å². The van der Waals surface area contributed by atoms with Gasteiger partial charge in [-0.25, -0.2) is 9.18 Å². The Balaban J connectivity index is 1.86. The summed E-state index contributed by atoms with van der Waals surface area (Å²) in [6.45, 7) is 1.20. The summed E-state index contributed by atoms with van der Waals surface area (Å²) in [5.41, 5.74) is 2.82. The molecule has 1 aliphatic heterocycles. The van der Waals surface area contributed by atoms with Gasteiger partial charge in [0.15, 0.2) is 0 Å². The SMILES string of the molecule is O=C(O)c1ccc2c(c1)CCN2Cc1ccc(Cl)cc1F. The van der Waals surface area contributed by atoms with Crippen molar-refractivity contribution in [3.63, 3.8) is 0 Å². The maximum absolute atomic E-state index is 13.9. The van der Waals surface area contributed by atoms with Crippen LogP contribution in [0.3, 0.4) is 0 Å². The van der Waals surface area contributed by atoms with E-state index < -0.39 is 5.97 Å². The van der Waals surface area contributed by atoms with Crippen molar-refractivity contribution in [3.8, 4) is 0 Å². The number of carboxylic acid groups (broad SMARTS) is 1. The third-order valence-electron chi connectivity index (χ3n) is 3.69. The minimum absolute atomic E-state index is 0.285. The third kappa shape index (κ3) is 2.72. The molecule has 2 aromatic carbocycles. The first-order valence-corrected chi connectivity index (χ1v) is 6.97. The number of anilines is 1. The fourth-order valence-corrected chi connectivity index (χ4v) is 2.78. The highest BCUT2D eigenvalue weighted by molar-refractivity contribution is 6.30. The molecule has 108 valence electrons. The molecule has 0 saturated heterocycles. The molecule has 3 rings (SSSR count). The molecule has 0 saturated carbocycles. The average Bonchev–Trinajstić information content (AvgIpc) is 2.84. The van der Waals surface area contributed by atoms with Crippen molar-refractivity contribution in [2.75, 3.05) is 11.4 Å². The van der Waals surface area contributed by atoms with E-state index >= 15 is 0 Å². The number of hydrogen-bond acceptors (Lipinski definition) is 2. The van der Waals surface area contributed by atoms with Crippen LogP contribution in [0.15, 0.2) is 36.4 Å². The summed E-state index contributed by atoms with van der Waals surface area (Å²) in [7, 11) is 0. The fourth-order valence-electron chi connectivity index (χ4n) is 2.62. The molecule has 1 N–H and O–H groups in total. The van der Waals surface area contributed by atoms with Crippen LogP contribution < -0.4 is 4.90 Å². The van der Waals surface area contributed by atoms with Gasteiger partial charge in [0.05, 0.1) is 5.56 Å². The first-order chi connectivity index (χ1) is 10.0.